The van der Waals surface area contributed by atoms with Crippen molar-refractivity contribution >= 4 is 5.91 Å². The first kappa shape index (κ1) is 12.2. The number of nitrogens with two attached hydrogens (primary N) is 1. The Balaban J connectivity index is 3.86. The van der Waals surface area contributed by atoms with Crippen LogP contribution in [0.2, 0.25) is 0 Å². The van der Waals surface area contributed by atoms with E-state index in [-0.39, 0.29) is 11.9 Å². The largest absolute Gasteiger partial charge is 0.341 e. The van der Waals surface area contributed by atoms with Crippen molar-refractivity contribution < 1.29 is 4.79 Å². The smallest absolute Gasteiger partial charge is 0.239 e. The van der Waals surface area contributed by atoms with Gasteiger partial charge in [-0.25, -0.2) is 0 Å². The molecule has 0 aromatic heterocycles. The summed E-state index contributed by atoms with van der Waals surface area (Å²) in [7, 11) is 1.75. The predicted molar refractivity (Wildman–Crippen MR) is 55.3 cm³/mol. The molecule has 2 N–H and O–H groups in total. The van der Waals surface area contributed by atoms with Crippen LogP contribution in [0.25, 0.3) is 0 Å². The Kier molecular flexibility index (Phi) is 6.24. The second-order valence-corrected chi connectivity index (χ2v) is 3.26. The molecule has 0 fully saturated rings. The van der Waals surface area contributed by atoms with Gasteiger partial charge in [-0.2, -0.15) is 0 Å². The lowest BCUT2D eigenvalue weighted by atomic mass is 10.1. The van der Waals surface area contributed by atoms with Crippen molar-refractivity contribution in [3.8, 4) is 0 Å². The van der Waals surface area contributed by atoms with E-state index in [4.69, 9.17) is 5.73 Å². The van der Waals surface area contributed by atoms with Crippen LogP contribution in [0.5, 0.6) is 0 Å². The standard InChI is InChI=1S/C10H20N2O/c1-4-6-7-9(11)10(13)12(3)8-5-2/h5,9H,2,4,6-8,11H2,1,3H3/t9-/m0/s1. The highest BCUT2D eigenvalue weighted by Crippen LogP contribution is 2.01. The van der Waals surface area contributed by atoms with Gasteiger partial charge in [-0.05, 0) is 6.42 Å². The number of likely N-dealkylation sites (N-methyl/N-ethyl adjacent to an activating group) is 1. The van der Waals surface area contributed by atoms with Gasteiger partial charge in [0.25, 0.3) is 0 Å². The first-order valence-corrected chi connectivity index (χ1v) is 4.75. The molecule has 0 aromatic carbocycles. The summed E-state index contributed by atoms with van der Waals surface area (Å²) >= 11 is 0. The number of amides is 1. The molecule has 3 heteroatoms. The summed E-state index contributed by atoms with van der Waals surface area (Å²) in [6.07, 6.45) is 4.56. The van der Waals surface area contributed by atoms with Crippen molar-refractivity contribution in [3.63, 3.8) is 0 Å². The number of hydrogen-bond donors (Lipinski definition) is 1. The molecule has 76 valence electrons. The van der Waals surface area contributed by atoms with Gasteiger partial charge in [0.2, 0.25) is 5.91 Å². The monoisotopic (exact) mass is 184 g/mol. The maximum atomic E-state index is 11.5. The van der Waals surface area contributed by atoms with Gasteiger partial charge >= 0.3 is 0 Å². The fourth-order valence-electron chi connectivity index (χ4n) is 1.11. The van der Waals surface area contributed by atoms with Gasteiger partial charge in [-0.1, -0.05) is 25.8 Å². The average Bonchev–Trinajstić information content (AvgIpc) is 2.13. The predicted octanol–water partition coefficient (Wildman–Crippen LogP) is 1.15. The molecule has 0 spiro atoms. The Morgan fingerprint density at radius 3 is 2.77 bits per heavy atom. The summed E-state index contributed by atoms with van der Waals surface area (Å²) in [5.41, 5.74) is 5.71. The lowest BCUT2D eigenvalue weighted by molar-refractivity contribution is -0.130. The molecule has 0 radical (unpaired) electrons. The Morgan fingerprint density at radius 1 is 1.69 bits per heavy atom. The van der Waals surface area contributed by atoms with Crippen molar-refractivity contribution in [3.05, 3.63) is 12.7 Å². The Labute approximate surface area is 80.6 Å². The maximum Gasteiger partial charge on any atom is 0.239 e. The molecule has 0 rings (SSSR count). The lowest BCUT2D eigenvalue weighted by Gasteiger charge is -2.19. The number of nitrogens with zero attached hydrogens (tertiary/aromatic N) is 1. The molecule has 0 aliphatic heterocycles. The van der Waals surface area contributed by atoms with Crippen molar-refractivity contribution in [2.45, 2.75) is 32.2 Å². The van der Waals surface area contributed by atoms with Crippen LogP contribution in [0.1, 0.15) is 26.2 Å². The number of unbranched alkanes of at least 4 members (excludes halogenated alkanes) is 1. The quantitative estimate of drug-likeness (QED) is 0.629. The normalized spacial score (nSPS) is 12.2. The zero-order chi connectivity index (χ0) is 10.3. The molecule has 0 aliphatic carbocycles. The molecular formula is C10H20N2O. The number of carbonyl (C=O) groups is 1. The van der Waals surface area contributed by atoms with Gasteiger partial charge in [-0.3, -0.25) is 4.79 Å². The van der Waals surface area contributed by atoms with E-state index >= 15 is 0 Å². The fraction of sp³-hybridized carbons (Fsp3) is 0.700. The first-order chi connectivity index (χ1) is 6.13. The summed E-state index contributed by atoms with van der Waals surface area (Å²) in [5.74, 6) is 0.00773. The number of rotatable bonds is 6. The van der Waals surface area contributed by atoms with Gasteiger partial charge < -0.3 is 10.6 Å². The minimum Gasteiger partial charge on any atom is -0.341 e. The topological polar surface area (TPSA) is 46.3 Å². The Bertz CT molecular complexity index is 168. The lowest BCUT2D eigenvalue weighted by Crippen LogP contribution is -2.41. The molecule has 13 heavy (non-hydrogen) atoms. The Hall–Kier alpha value is -0.830. The molecule has 0 bridgehead atoms. The van der Waals surface area contributed by atoms with Gasteiger partial charge in [-0.15, -0.1) is 6.58 Å². The van der Waals surface area contributed by atoms with Crippen LogP contribution in [-0.2, 0) is 4.79 Å². The third-order valence-electron chi connectivity index (χ3n) is 1.97. The highest BCUT2D eigenvalue weighted by atomic mass is 16.2. The van der Waals surface area contributed by atoms with Crippen molar-refractivity contribution in [2.24, 2.45) is 5.73 Å². The summed E-state index contributed by atoms with van der Waals surface area (Å²) in [6, 6.07) is -0.343. The molecule has 0 aliphatic rings. The summed E-state index contributed by atoms with van der Waals surface area (Å²) < 4.78 is 0. The molecule has 3 nitrogen and oxygen atoms in total. The van der Waals surface area contributed by atoms with E-state index in [1.165, 1.54) is 0 Å². The minimum atomic E-state index is -0.343. The van der Waals surface area contributed by atoms with Crippen molar-refractivity contribution in [1.82, 2.24) is 4.90 Å². The molecule has 1 amide bonds. The molecular weight excluding hydrogens is 164 g/mol. The second-order valence-electron chi connectivity index (χ2n) is 3.26. The Morgan fingerprint density at radius 2 is 2.31 bits per heavy atom. The van der Waals surface area contributed by atoms with Crippen LogP contribution < -0.4 is 5.73 Å². The van der Waals surface area contributed by atoms with E-state index < -0.39 is 0 Å². The molecule has 0 unspecified atom stereocenters. The average molecular weight is 184 g/mol. The van der Waals surface area contributed by atoms with Crippen LogP contribution >= 0.6 is 0 Å². The van der Waals surface area contributed by atoms with Crippen LogP contribution in [0.15, 0.2) is 12.7 Å². The summed E-state index contributed by atoms with van der Waals surface area (Å²) in [4.78, 5) is 13.1. The number of hydrogen-bond acceptors (Lipinski definition) is 2. The third kappa shape index (κ3) is 4.68. The zero-order valence-corrected chi connectivity index (χ0v) is 8.62. The van der Waals surface area contributed by atoms with Gasteiger partial charge in [0.15, 0.2) is 0 Å². The van der Waals surface area contributed by atoms with Gasteiger partial charge in [0.1, 0.15) is 0 Å². The van der Waals surface area contributed by atoms with E-state index in [2.05, 4.69) is 13.5 Å². The molecule has 0 aromatic rings. The SMILES string of the molecule is C=CCN(C)C(=O)[C@@H](N)CCCC. The maximum absolute atomic E-state index is 11.5. The van der Waals surface area contributed by atoms with Crippen molar-refractivity contribution in [1.29, 1.82) is 0 Å². The molecule has 0 heterocycles. The van der Waals surface area contributed by atoms with Crippen LogP contribution in [-0.4, -0.2) is 30.4 Å². The number of carbonyl (C=O) groups excluding carboxylic acids is 1. The van der Waals surface area contributed by atoms with Crippen LogP contribution in [0.4, 0.5) is 0 Å². The van der Waals surface area contributed by atoms with Crippen LogP contribution in [0, 0.1) is 0 Å². The van der Waals surface area contributed by atoms with E-state index in [1.807, 2.05) is 0 Å². The van der Waals surface area contributed by atoms with Gasteiger partial charge in [0.05, 0.1) is 6.04 Å². The van der Waals surface area contributed by atoms with E-state index in [0.29, 0.717) is 6.54 Å². The highest BCUT2D eigenvalue weighted by molar-refractivity contribution is 5.81. The fourth-order valence-corrected chi connectivity index (χ4v) is 1.11. The highest BCUT2D eigenvalue weighted by Gasteiger charge is 2.15. The zero-order valence-electron chi connectivity index (χ0n) is 8.62. The minimum absolute atomic E-state index is 0.00773. The van der Waals surface area contributed by atoms with E-state index in [1.54, 1.807) is 18.0 Å². The second kappa shape index (κ2) is 6.66. The third-order valence-corrected chi connectivity index (χ3v) is 1.97. The summed E-state index contributed by atoms with van der Waals surface area (Å²) in [5, 5.41) is 0. The van der Waals surface area contributed by atoms with E-state index in [0.717, 1.165) is 19.3 Å². The molecule has 0 saturated carbocycles. The van der Waals surface area contributed by atoms with Crippen molar-refractivity contribution in [2.75, 3.05) is 13.6 Å². The first-order valence-electron chi connectivity index (χ1n) is 4.75. The van der Waals surface area contributed by atoms with E-state index in [9.17, 15) is 4.79 Å². The van der Waals surface area contributed by atoms with Crippen LogP contribution in [0.3, 0.4) is 0 Å². The molecule has 1 atom stereocenters. The van der Waals surface area contributed by atoms with Gasteiger partial charge in [0, 0.05) is 13.6 Å². The summed E-state index contributed by atoms with van der Waals surface area (Å²) in [6.45, 7) is 6.23. The molecule has 0 saturated heterocycles.